The highest BCUT2D eigenvalue weighted by atomic mass is 35.5. The molecule has 0 aliphatic heterocycles. The van der Waals surface area contributed by atoms with E-state index in [0.29, 0.717) is 40.7 Å². The topological polar surface area (TPSA) is 79.5 Å². The van der Waals surface area contributed by atoms with Gasteiger partial charge in [0.05, 0.1) is 22.9 Å². The Bertz CT molecular complexity index is 936. The first kappa shape index (κ1) is 25.6. The average molecular weight is 476 g/mol. The van der Waals surface area contributed by atoms with Crippen molar-refractivity contribution in [2.24, 2.45) is 0 Å². The smallest absolute Gasteiger partial charge is 0.261 e. The number of thiocarbonyl (C=S) groups is 1. The van der Waals surface area contributed by atoms with E-state index in [4.69, 9.17) is 28.6 Å². The molecular formula is C24H30ClN3O3S. The molecule has 0 heterocycles. The van der Waals surface area contributed by atoms with Crippen molar-refractivity contribution in [2.45, 2.75) is 52.4 Å². The number of carbonyl (C=O) groups is 2. The monoisotopic (exact) mass is 475 g/mol. The van der Waals surface area contributed by atoms with Crippen LogP contribution in [-0.4, -0.2) is 23.5 Å². The second-order valence-corrected chi connectivity index (χ2v) is 8.12. The third kappa shape index (κ3) is 8.48. The molecule has 2 aromatic carbocycles. The Morgan fingerprint density at radius 3 is 2.53 bits per heavy atom. The van der Waals surface area contributed by atoms with Gasteiger partial charge < -0.3 is 15.4 Å². The van der Waals surface area contributed by atoms with E-state index in [0.717, 1.165) is 32.1 Å². The van der Waals surface area contributed by atoms with Crippen LogP contribution in [0, 0.1) is 0 Å². The lowest BCUT2D eigenvalue weighted by molar-refractivity contribution is -0.116. The molecule has 3 N–H and O–H groups in total. The number of anilines is 2. The Kier molecular flexibility index (Phi) is 11.0. The lowest BCUT2D eigenvalue weighted by Gasteiger charge is -2.14. The molecule has 0 radical (unpaired) electrons. The fourth-order valence-corrected chi connectivity index (χ4v) is 3.33. The van der Waals surface area contributed by atoms with E-state index in [-0.39, 0.29) is 16.9 Å². The van der Waals surface area contributed by atoms with E-state index in [2.05, 4.69) is 22.9 Å². The van der Waals surface area contributed by atoms with Gasteiger partial charge in [-0.1, -0.05) is 56.8 Å². The summed E-state index contributed by atoms with van der Waals surface area (Å²) in [6.07, 6.45) is 5.54. The third-order valence-corrected chi connectivity index (χ3v) is 5.12. The van der Waals surface area contributed by atoms with Crippen LogP contribution < -0.4 is 20.7 Å². The first-order valence-electron chi connectivity index (χ1n) is 10.9. The molecule has 0 bridgehead atoms. The van der Waals surface area contributed by atoms with Crippen molar-refractivity contribution >= 4 is 52.1 Å². The highest BCUT2D eigenvalue weighted by Crippen LogP contribution is 2.26. The minimum absolute atomic E-state index is 0.0806. The number of hydrogen-bond acceptors (Lipinski definition) is 4. The maximum atomic E-state index is 12.8. The van der Waals surface area contributed by atoms with Crippen molar-refractivity contribution in [3.05, 3.63) is 53.1 Å². The van der Waals surface area contributed by atoms with E-state index in [1.54, 1.807) is 36.4 Å². The number of unbranched alkanes of at least 4 members (excludes halogenated alkanes) is 3. The molecule has 0 aliphatic rings. The Hall–Kier alpha value is -2.64. The number of carbonyl (C=O) groups excluding carboxylic acids is 2. The molecule has 172 valence electrons. The maximum absolute atomic E-state index is 12.8. The van der Waals surface area contributed by atoms with Crippen molar-refractivity contribution in [3.8, 4) is 5.75 Å². The lowest BCUT2D eigenvalue weighted by atomic mass is 10.2. The predicted molar refractivity (Wildman–Crippen MR) is 135 cm³/mol. The summed E-state index contributed by atoms with van der Waals surface area (Å²) in [7, 11) is 0. The van der Waals surface area contributed by atoms with Crippen LogP contribution in [0.4, 0.5) is 11.4 Å². The molecule has 2 rings (SSSR count). The summed E-state index contributed by atoms with van der Waals surface area (Å²) in [6, 6.07) is 12.1. The Morgan fingerprint density at radius 1 is 1.00 bits per heavy atom. The summed E-state index contributed by atoms with van der Waals surface area (Å²) in [5.41, 5.74) is 1.47. The zero-order valence-corrected chi connectivity index (χ0v) is 20.1. The molecule has 8 heteroatoms. The zero-order valence-electron chi connectivity index (χ0n) is 18.5. The molecule has 0 spiro atoms. The van der Waals surface area contributed by atoms with Gasteiger partial charge in [-0.3, -0.25) is 14.9 Å². The van der Waals surface area contributed by atoms with Crippen LogP contribution in [0.1, 0.15) is 62.7 Å². The Balaban J connectivity index is 1.99. The zero-order chi connectivity index (χ0) is 23.3. The number of benzene rings is 2. The van der Waals surface area contributed by atoms with Crippen LogP contribution in [0.5, 0.6) is 5.75 Å². The van der Waals surface area contributed by atoms with E-state index >= 15 is 0 Å². The minimum atomic E-state index is -0.379. The average Bonchev–Trinajstić information content (AvgIpc) is 2.76. The third-order valence-electron chi connectivity index (χ3n) is 4.59. The molecule has 0 unspecified atom stereocenters. The van der Waals surface area contributed by atoms with Crippen molar-refractivity contribution in [3.63, 3.8) is 0 Å². The molecule has 0 aliphatic carbocycles. The van der Waals surface area contributed by atoms with Crippen LogP contribution >= 0.6 is 23.8 Å². The van der Waals surface area contributed by atoms with Crippen LogP contribution in [0.2, 0.25) is 5.02 Å². The number of ether oxygens (including phenoxy) is 1. The van der Waals surface area contributed by atoms with Gasteiger partial charge in [0.25, 0.3) is 5.91 Å². The van der Waals surface area contributed by atoms with Crippen LogP contribution in [0.15, 0.2) is 42.5 Å². The standard InChI is InChI=1S/C24H30ClN3O3S/c1-3-5-6-9-15-31-21-12-8-7-11-18(21)23(30)28-24(32)27-20-16-17(13-14-19(20)25)26-22(29)10-4-2/h7-8,11-14,16H,3-6,9-10,15H2,1-2H3,(H,26,29)(H2,27,28,30,32). The number of hydrogen-bond donors (Lipinski definition) is 3. The summed E-state index contributed by atoms with van der Waals surface area (Å²) < 4.78 is 5.81. The molecule has 0 atom stereocenters. The van der Waals surface area contributed by atoms with Gasteiger partial charge in [-0.05, 0) is 55.4 Å². The SMILES string of the molecule is CCCCCCOc1ccccc1C(=O)NC(=S)Nc1cc(NC(=O)CCC)ccc1Cl. The molecule has 32 heavy (non-hydrogen) atoms. The highest BCUT2D eigenvalue weighted by molar-refractivity contribution is 7.80. The van der Waals surface area contributed by atoms with E-state index in [1.807, 2.05) is 13.0 Å². The first-order chi connectivity index (χ1) is 15.4. The van der Waals surface area contributed by atoms with E-state index < -0.39 is 0 Å². The van der Waals surface area contributed by atoms with Gasteiger partial charge in [0.1, 0.15) is 5.75 Å². The van der Waals surface area contributed by atoms with Gasteiger partial charge in [0.15, 0.2) is 5.11 Å². The summed E-state index contributed by atoms with van der Waals surface area (Å²) in [6.45, 7) is 4.65. The second-order valence-electron chi connectivity index (χ2n) is 7.31. The van der Waals surface area contributed by atoms with Crippen LogP contribution in [0.3, 0.4) is 0 Å². The van der Waals surface area contributed by atoms with Crippen molar-refractivity contribution in [1.29, 1.82) is 0 Å². The van der Waals surface area contributed by atoms with Crippen molar-refractivity contribution in [1.82, 2.24) is 5.32 Å². The Labute approximate surface area is 200 Å². The van der Waals surface area contributed by atoms with Gasteiger partial charge in [-0.15, -0.1) is 0 Å². The normalized spacial score (nSPS) is 10.3. The van der Waals surface area contributed by atoms with Crippen molar-refractivity contribution in [2.75, 3.05) is 17.2 Å². The van der Waals surface area contributed by atoms with Crippen molar-refractivity contribution < 1.29 is 14.3 Å². The van der Waals surface area contributed by atoms with Gasteiger partial charge in [-0.25, -0.2) is 0 Å². The van der Waals surface area contributed by atoms with Gasteiger partial charge in [0.2, 0.25) is 5.91 Å². The fraction of sp³-hybridized carbons (Fsp3) is 0.375. The summed E-state index contributed by atoms with van der Waals surface area (Å²) in [4.78, 5) is 24.6. The Morgan fingerprint density at radius 2 is 1.78 bits per heavy atom. The molecule has 2 amide bonds. The number of halogens is 1. The largest absolute Gasteiger partial charge is 0.493 e. The number of amides is 2. The second kappa shape index (κ2) is 13.7. The molecule has 0 saturated carbocycles. The molecule has 6 nitrogen and oxygen atoms in total. The summed E-state index contributed by atoms with van der Waals surface area (Å²) >= 11 is 11.5. The predicted octanol–water partition coefficient (Wildman–Crippen LogP) is 6.16. The van der Waals surface area contributed by atoms with Gasteiger partial charge >= 0.3 is 0 Å². The molecule has 0 saturated heterocycles. The maximum Gasteiger partial charge on any atom is 0.261 e. The van der Waals surface area contributed by atoms with Crippen LogP contribution in [-0.2, 0) is 4.79 Å². The summed E-state index contributed by atoms with van der Waals surface area (Å²) in [5.74, 6) is 0.0566. The number of rotatable bonds is 11. The fourth-order valence-electron chi connectivity index (χ4n) is 2.96. The minimum Gasteiger partial charge on any atom is -0.493 e. The highest BCUT2D eigenvalue weighted by Gasteiger charge is 2.14. The molecule has 0 aromatic heterocycles. The molecular weight excluding hydrogens is 446 g/mol. The summed E-state index contributed by atoms with van der Waals surface area (Å²) in [5, 5.41) is 8.88. The van der Waals surface area contributed by atoms with Gasteiger partial charge in [-0.2, -0.15) is 0 Å². The molecule has 0 fully saturated rings. The quantitative estimate of drug-likeness (QED) is 0.267. The number of nitrogens with one attached hydrogen (secondary N) is 3. The molecule has 2 aromatic rings. The van der Waals surface area contributed by atoms with E-state index in [9.17, 15) is 9.59 Å². The van der Waals surface area contributed by atoms with Gasteiger partial charge in [0, 0.05) is 12.1 Å². The van der Waals surface area contributed by atoms with E-state index in [1.165, 1.54) is 0 Å². The number of para-hydroxylation sites is 1. The van der Waals surface area contributed by atoms with Crippen LogP contribution in [0.25, 0.3) is 0 Å². The lowest BCUT2D eigenvalue weighted by Crippen LogP contribution is -2.34. The first-order valence-corrected chi connectivity index (χ1v) is 11.7.